The number of hydrogen-bond acceptors (Lipinski definition) is 3. The molecule has 1 aliphatic heterocycles. The third kappa shape index (κ3) is 3.03. The van der Waals surface area contributed by atoms with Crippen LogP contribution in [0, 0.1) is 0 Å². The number of rotatable bonds is 1. The lowest BCUT2D eigenvalue weighted by Crippen LogP contribution is -2.62. The molecule has 4 nitrogen and oxygen atoms in total. The van der Waals surface area contributed by atoms with Crippen molar-refractivity contribution < 1.29 is 14.6 Å². The van der Waals surface area contributed by atoms with Gasteiger partial charge in [0.2, 0.25) is 0 Å². The van der Waals surface area contributed by atoms with Crippen molar-refractivity contribution in [1.82, 2.24) is 4.90 Å². The first-order valence-electron chi connectivity index (χ1n) is 6.27. The van der Waals surface area contributed by atoms with Crippen molar-refractivity contribution in [3.05, 3.63) is 33.8 Å². The predicted octanol–water partition coefficient (Wildman–Crippen LogP) is 3.43. The number of carbonyl (C=O) groups is 1. The van der Waals surface area contributed by atoms with Crippen LogP contribution in [0.25, 0.3) is 0 Å². The number of halogens is 2. The van der Waals surface area contributed by atoms with Crippen LogP contribution in [-0.4, -0.2) is 34.8 Å². The van der Waals surface area contributed by atoms with Crippen LogP contribution < -0.4 is 0 Å². The van der Waals surface area contributed by atoms with Crippen LogP contribution in [0.3, 0.4) is 0 Å². The van der Waals surface area contributed by atoms with Crippen molar-refractivity contribution >= 4 is 29.3 Å². The lowest BCUT2D eigenvalue weighted by atomic mass is 9.86. The third-order valence-corrected chi connectivity index (χ3v) is 3.83. The molecule has 0 atom stereocenters. The van der Waals surface area contributed by atoms with Gasteiger partial charge in [0.05, 0.1) is 23.1 Å². The Morgan fingerprint density at radius 2 is 1.95 bits per heavy atom. The van der Waals surface area contributed by atoms with Crippen LogP contribution in [-0.2, 0) is 10.3 Å². The van der Waals surface area contributed by atoms with Crippen molar-refractivity contribution in [1.29, 1.82) is 0 Å². The van der Waals surface area contributed by atoms with Gasteiger partial charge in [-0.2, -0.15) is 0 Å². The number of amides is 1. The van der Waals surface area contributed by atoms with E-state index < -0.39 is 17.3 Å². The van der Waals surface area contributed by atoms with Gasteiger partial charge in [0.25, 0.3) is 0 Å². The summed E-state index contributed by atoms with van der Waals surface area (Å²) in [5.74, 6) is 0. The van der Waals surface area contributed by atoms with E-state index in [1.54, 1.807) is 39.0 Å². The Kier molecular flexibility index (Phi) is 3.93. The summed E-state index contributed by atoms with van der Waals surface area (Å²) in [6.45, 7) is 5.67. The highest BCUT2D eigenvalue weighted by Gasteiger charge is 2.47. The average molecular weight is 318 g/mol. The normalized spacial score (nSPS) is 17.6. The summed E-state index contributed by atoms with van der Waals surface area (Å²) in [5.41, 5.74) is -1.19. The molecule has 1 aliphatic rings. The monoisotopic (exact) mass is 317 g/mol. The highest BCUT2D eigenvalue weighted by Crippen LogP contribution is 2.39. The largest absolute Gasteiger partial charge is 0.444 e. The second-order valence-corrected chi connectivity index (χ2v) is 6.75. The van der Waals surface area contributed by atoms with E-state index in [0.717, 1.165) is 0 Å². The average Bonchev–Trinajstić information content (AvgIpc) is 2.26. The minimum absolute atomic E-state index is 0.141. The van der Waals surface area contributed by atoms with Gasteiger partial charge in [-0.3, -0.25) is 0 Å². The molecule has 110 valence electrons. The van der Waals surface area contributed by atoms with Crippen LogP contribution in [0.15, 0.2) is 18.2 Å². The van der Waals surface area contributed by atoms with E-state index in [2.05, 4.69) is 0 Å². The zero-order valence-electron chi connectivity index (χ0n) is 11.6. The fourth-order valence-corrected chi connectivity index (χ4v) is 2.55. The minimum atomic E-state index is -1.17. The number of nitrogens with zero attached hydrogens (tertiary/aromatic N) is 1. The first-order valence-corrected chi connectivity index (χ1v) is 7.03. The maximum absolute atomic E-state index is 11.8. The molecule has 1 saturated heterocycles. The van der Waals surface area contributed by atoms with Gasteiger partial charge in [0, 0.05) is 5.56 Å². The number of β-amino-alcohol motifs (C(OH)–C–C–N with tert-alkyl or cyclic N) is 1. The molecule has 0 unspecified atom stereocenters. The predicted molar refractivity (Wildman–Crippen MR) is 78.2 cm³/mol. The van der Waals surface area contributed by atoms with E-state index in [1.165, 1.54) is 4.90 Å². The fourth-order valence-electron chi connectivity index (χ4n) is 2.07. The molecule has 1 amide bonds. The number of hydrogen-bond donors (Lipinski definition) is 1. The number of likely N-dealkylation sites (tertiary alicyclic amines) is 1. The molecule has 0 bridgehead atoms. The van der Waals surface area contributed by atoms with Crippen LogP contribution in [0.4, 0.5) is 4.79 Å². The fraction of sp³-hybridized carbons (Fsp3) is 0.500. The molecule has 6 heteroatoms. The standard InChI is InChI=1S/C14H17Cl2NO3/c1-13(2,3)20-12(18)17-7-14(19,8-17)9-5-4-6-10(15)11(9)16/h4-6,19H,7-8H2,1-3H3. The molecule has 1 aromatic rings. The van der Waals surface area contributed by atoms with Crippen molar-refractivity contribution in [2.75, 3.05) is 13.1 Å². The first kappa shape index (κ1) is 15.4. The molecule has 1 N–H and O–H groups in total. The lowest BCUT2D eigenvalue weighted by Gasteiger charge is -2.46. The van der Waals surface area contributed by atoms with Gasteiger partial charge in [-0.05, 0) is 26.8 Å². The highest BCUT2D eigenvalue weighted by molar-refractivity contribution is 6.42. The first-order chi connectivity index (χ1) is 9.12. The Hall–Kier alpha value is -0.970. The molecule has 0 aliphatic carbocycles. The number of carbonyl (C=O) groups excluding carboxylic acids is 1. The summed E-state index contributed by atoms with van der Waals surface area (Å²) in [7, 11) is 0. The molecule has 1 fully saturated rings. The van der Waals surface area contributed by atoms with E-state index in [-0.39, 0.29) is 13.1 Å². The Labute approximate surface area is 128 Å². The highest BCUT2D eigenvalue weighted by atomic mass is 35.5. The van der Waals surface area contributed by atoms with Crippen LogP contribution in [0.5, 0.6) is 0 Å². The zero-order valence-corrected chi connectivity index (χ0v) is 13.1. The maximum Gasteiger partial charge on any atom is 0.410 e. The summed E-state index contributed by atoms with van der Waals surface area (Å²) < 4.78 is 5.24. The molecule has 1 heterocycles. The Morgan fingerprint density at radius 3 is 2.50 bits per heavy atom. The van der Waals surface area contributed by atoms with Crippen molar-refractivity contribution in [3.8, 4) is 0 Å². The van der Waals surface area contributed by atoms with E-state index in [1.807, 2.05) is 0 Å². The minimum Gasteiger partial charge on any atom is -0.444 e. The molecule has 1 aromatic carbocycles. The summed E-state index contributed by atoms with van der Waals surface area (Å²) in [5, 5.41) is 11.2. The van der Waals surface area contributed by atoms with Gasteiger partial charge in [-0.15, -0.1) is 0 Å². The summed E-state index contributed by atoms with van der Waals surface area (Å²) in [6, 6.07) is 5.08. The van der Waals surface area contributed by atoms with Crippen LogP contribution in [0.1, 0.15) is 26.3 Å². The van der Waals surface area contributed by atoms with E-state index in [9.17, 15) is 9.90 Å². The van der Waals surface area contributed by atoms with E-state index >= 15 is 0 Å². The summed E-state index contributed by atoms with van der Waals surface area (Å²) in [4.78, 5) is 13.3. The van der Waals surface area contributed by atoms with Gasteiger partial charge < -0.3 is 14.7 Å². The molecular formula is C14H17Cl2NO3. The quantitative estimate of drug-likeness (QED) is 0.863. The molecule has 0 saturated carbocycles. The molecule has 20 heavy (non-hydrogen) atoms. The zero-order chi connectivity index (χ0) is 15.1. The lowest BCUT2D eigenvalue weighted by molar-refractivity contribution is -0.103. The smallest absolute Gasteiger partial charge is 0.410 e. The van der Waals surface area contributed by atoms with Gasteiger partial charge in [0.15, 0.2) is 0 Å². The van der Waals surface area contributed by atoms with Crippen molar-refractivity contribution in [2.45, 2.75) is 32.0 Å². The number of ether oxygens (including phenoxy) is 1. The summed E-state index contributed by atoms with van der Waals surface area (Å²) in [6.07, 6.45) is -0.444. The van der Waals surface area contributed by atoms with Crippen LogP contribution in [0.2, 0.25) is 10.0 Å². The maximum atomic E-state index is 11.8. The van der Waals surface area contributed by atoms with Crippen LogP contribution >= 0.6 is 23.2 Å². The summed E-state index contributed by atoms with van der Waals surface area (Å²) >= 11 is 12.0. The molecule has 0 aromatic heterocycles. The van der Waals surface area contributed by atoms with Crippen molar-refractivity contribution in [3.63, 3.8) is 0 Å². The Balaban J connectivity index is 2.08. The topological polar surface area (TPSA) is 49.8 Å². The Bertz CT molecular complexity index is 534. The van der Waals surface area contributed by atoms with E-state index in [0.29, 0.717) is 15.6 Å². The second-order valence-electron chi connectivity index (χ2n) is 5.97. The van der Waals surface area contributed by atoms with Gasteiger partial charge in [-0.1, -0.05) is 35.3 Å². The van der Waals surface area contributed by atoms with E-state index in [4.69, 9.17) is 27.9 Å². The molecular weight excluding hydrogens is 301 g/mol. The molecule has 0 spiro atoms. The molecule has 2 rings (SSSR count). The van der Waals surface area contributed by atoms with Gasteiger partial charge >= 0.3 is 6.09 Å². The third-order valence-electron chi connectivity index (χ3n) is 3.01. The molecule has 0 radical (unpaired) electrons. The second kappa shape index (κ2) is 5.10. The van der Waals surface area contributed by atoms with Crippen molar-refractivity contribution in [2.24, 2.45) is 0 Å². The Morgan fingerprint density at radius 1 is 1.35 bits per heavy atom. The number of benzene rings is 1. The van der Waals surface area contributed by atoms with Gasteiger partial charge in [-0.25, -0.2) is 4.79 Å². The SMILES string of the molecule is CC(C)(C)OC(=O)N1CC(O)(c2cccc(Cl)c2Cl)C1. The number of aliphatic hydroxyl groups is 1. The van der Waals surface area contributed by atoms with Gasteiger partial charge in [0.1, 0.15) is 11.2 Å².